The van der Waals surface area contributed by atoms with Crippen LogP contribution in [0.2, 0.25) is 0 Å². The number of anilines is 1. The Bertz CT molecular complexity index is 477. The molecule has 1 saturated carbocycles. The number of nitrogens with one attached hydrogen (secondary N) is 2. The number of nitrogens with zero attached hydrogens (tertiary/aromatic N) is 1. The molecule has 1 aromatic carbocycles. The summed E-state index contributed by atoms with van der Waals surface area (Å²) in [5.41, 5.74) is 1.25. The lowest BCUT2D eigenvalue weighted by molar-refractivity contribution is -0.115. The molecule has 0 bridgehead atoms. The molecule has 0 aromatic heterocycles. The van der Waals surface area contributed by atoms with Gasteiger partial charge in [-0.15, -0.1) is 0 Å². The van der Waals surface area contributed by atoms with E-state index in [9.17, 15) is 4.79 Å². The van der Waals surface area contributed by atoms with Crippen LogP contribution in [0, 0.1) is 11.3 Å². The van der Waals surface area contributed by atoms with Crippen molar-refractivity contribution in [2.75, 3.05) is 11.9 Å². The largest absolute Gasteiger partial charge is 0.324 e. The van der Waals surface area contributed by atoms with Gasteiger partial charge in [0.1, 0.15) is 0 Å². The number of amides is 1. The van der Waals surface area contributed by atoms with E-state index in [0.717, 1.165) is 17.3 Å². The molecule has 0 unspecified atom stereocenters. The van der Waals surface area contributed by atoms with E-state index in [4.69, 9.17) is 5.26 Å². The molecule has 0 spiro atoms. The van der Waals surface area contributed by atoms with Crippen LogP contribution in [-0.2, 0) is 4.79 Å². The Balaban J connectivity index is 1.93. The zero-order valence-corrected chi connectivity index (χ0v) is 10.8. The molecule has 4 nitrogen and oxygen atoms in total. The molecule has 1 aliphatic carbocycles. The summed E-state index contributed by atoms with van der Waals surface area (Å²) in [5.74, 6) is -0.0673. The molecule has 17 heavy (non-hydrogen) atoms. The van der Waals surface area contributed by atoms with Gasteiger partial charge in [-0.2, -0.15) is 5.26 Å². The number of benzene rings is 1. The molecular formula is C12H12BrN3O. The number of hydrogen-bond donors (Lipinski definition) is 2. The van der Waals surface area contributed by atoms with Crippen LogP contribution in [0.5, 0.6) is 0 Å². The molecule has 5 heteroatoms. The smallest absolute Gasteiger partial charge is 0.238 e. The predicted octanol–water partition coefficient (Wildman–Crippen LogP) is 2.01. The predicted molar refractivity (Wildman–Crippen MR) is 68.5 cm³/mol. The van der Waals surface area contributed by atoms with Crippen molar-refractivity contribution in [3.8, 4) is 6.07 Å². The van der Waals surface area contributed by atoms with Gasteiger partial charge in [0.25, 0.3) is 0 Å². The van der Waals surface area contributed by atoms with Crippen LogP contribution >= 0.6 is 15.9 Å². The summed E-state index contributed by atoms with van der Waals surface area (Å²) in [5, 5.41) is 14.6. The minimum absolute atomic E-state index is 0.0673. The molecule has 0 heterocycles. The standard InChI is InChI=1S/C12H12BrN3O/c13-10-5-8(6-14)1-4-11(10)16-12(17)7-15-9-2-3-9/h1,4-5,9,15H,2-3,7H2,(H,16,17). The van der Waals surface area contributed by atoms with Crippen LogP contribution in [0.25, 0.3) is 0 Å². The van der Waals surface area contributed by atoms with Crippen molar-refractivity contribution in [2.45, 2.75) is 18.9 Å². The summed E-state index contributed by atoms with van der Waals surface area (Å²) in [7, 11) is 0. The Labute approximate surface area is 108 Å². The van der Waals surface area contributed by atoms with E-state index in [1.165, 1.54) is 0 Å². The molecule has 2 rings (SSSR count). The van der Waals surface area contributed by atoms with Crippen LogP contribution in [0.3, 0.4) is 0 Å². The van der Waals surface area contributed by atoms with E-state index in [0.29, 0.717) is 23.8 Å². The Morgan fingerprint density at radius 1 is 1.53 bits per heavy atom. The lowest BCUT2D eigenvalue weighted by Gasteiger charge is -2.08. The van der Waals surface area contributed by atoms with Gasteiger partial charge in [-0.3, -0.25) is 4.79 Å². The zero-order chi connectivity index (χ0) is 12.3. The van der Waals surface area contributed by atoms with Crippen molar-refractivity contribution in [3.63, 3.8) is 0 Å². The van der Waals surface area contributed by atoms with Gasteiger partial charge in [-0.05, 0) is 47.0 Å². The Morgan fingerprint density at radius 3 is 2.88 bits per heavy atom. The summed E-state index contributed by atoms with van der Waals surface area (Å²) in [6, 6.07) is 7.64. The van der Waals surface area contributed by atoms with Gasteiger partial charge < -0.3 is 10.6 Å². The minimum Gasteiger partial charge on any atom is -0.324 e. The molecular weight excluding hydrogens is 282 g/mol. The highest BCUT2D eigenvalue weighted by Gasteiger charge is 2.21. The van der Waals surface area contributed by atoms with E-state index in [-0.39, 0.29) is 5.91 Å². The lowest BCUT2D eigenvalue weighted by atomic mass is 10.2. The molecule has 1 aromatic rings. The maximum Gasteiger partial charge on any atom is 0.238 e. The average molecular weight is 294 g/mol. The van der Waals surface area contributed by atoms with Crippen LogP contribution in [0.4, 0.5) is 5.69 Å². The normalized spacial score (nSPS) is 14.1. The van der Waals surface area contributed by atoms with E-state index < -0.39 is 0 Å². The monoisotopic (exact) mass is 293 g/mol. The highest BCUT2D eigenvalue weighted by molar-refractivity contribution is 9.10. The van der Waals surface area contributed by atoms with Gasteiger partial charge in [0.05, 0.1) is 23.9 Å². The number of carbonyl (C=O) groups is 1. The van der Waals surface area contributed by atoms with E-state index in [1.54, 1.807) is 18.2 Å². The van der Waals surface area contributed by atoms with Gasteiger partial charge in [-0.1, -0.05) is 0 Å². The van der Waals surface area contributed by atoms with Crippen molar-refractivity contribution in [1.82, 2.24) is 5.32 Å². The topological polar surface area (TPSA) is 64.9 Å². The molecule has 0 aliphatic heterocycles. The third kappa shape index (κ3) is 3.55. The quantitative estimate of drug-likeness (QED) is 0.892. The van der Waals surface area contributed by atoms with Gasteiger partial charge in [0, 0.05) is 10.5 Å². The maximum absolute atomic E-state index is 11.6. The van der Waals surface area contributed by atoms with Crippen molar-refractivity contribution in [1.29, 1.82) is 5.26 Å². The second-order valence-corrected chi connectivity index (χ2v) is 4.86. The molecule has 0 radical (unpaired) electrons. The lowest BCUT2D eigenvalue weighted by Crippen LogP contribution is -2.29. The molecule has 1 aliphatic rings. The first-order valence-corrected chi connectivity index (χ1v) is 6.21. The van der Waals surface area contributed by atoms with Crippen molar-refractivity contribution in [2.24, 2.45) is 0 Å². The SMILES string of the molecule is N#Cc1ccc(NC(=O)CNC2CC2)c(Br)c1. The fourth-order valence-corrected chi connectivity index (χ4v) is 1.88. The number of rotatable bonds is 4. The first kappa shape index (κ1) is 12.1. The van der Waals surface area contributed by atoms with Gasteiger partial charge in [0.15, 0.2) is 0 Å². The second kappa shape index (κ2) is 5.30. The Kier molecular flexibility index (Phi) is 3.77. The summed E-state index contributed by atoms with van der Waals surface area (Å²) < 4.78 is 0.719. The average Bonchev–Trinajstić information content (AvgIpc) is 3.13. The van der Waals surface area contributed by atoms with Crippen LogP contribution in [0.1, 0.15) is 18.4 Å². The Morgan fingerprint density at radius 2 is 2.29 bits per heavy atom. The molecule has 88 valence electrons. The first-order valence-electron chi connectivity index (χ1n) is 5.42. The molecule has 2 N–H and O–H groups in total. The van der Waals surface area contributed by atoms with Crippen molar-refractivity contribution < 1.29 is 4.79 Å². The van der Waals surface area contributed by atoms with Crippen molar-refractivity contribution >= 4 is 27.5 Å². The summed E-state index contributed by atoms with van der Waals surface area (Å²) in [4.78, 5) is 11.6. The number of nitriles is 1. The molecule has 1 fully saturated rings. The van der Waals surface area contributed by atoms with Gasteiger partial charge >= 0.3 is 0 Å². The Hall–Kier alpha value is -1.38. The number of hydrogen-bond acceptors (Lipinski definition) is 3. The highest BCUT2D eigenvalue weighted by atomic mass is 79.9. The van der Waals surface area contributed by atoms with Crippen LogP contribution < -0.4 is 10.6 Å². The van der Waals surface area contributed by atoms with E-state index in [1.807, 2.05) is 6.07 Å². The third-order valence-electron chi connectivity index (χ3n) is 2.50. The van der Waals surface area contributed by atoms with E-state index >= 15 is 0 Å². The van der Waals surface area contributed by atoms with Gasteiger partial charge in [-0.25, -0.2) is 0 Å². The first-order chi connectivity index (χ1) is 8.19. The number of carbonyl (C=O) groups excluding carboxylic acids is 1. The molecule has 1 amide bonds. The molecule has 0 saturated heterocycles. The highest BCUT2D eigenvalue weighted by Crippen LogP contribution is 2.23. The summed E-state index contributed by atoms with van der Waals surface area (Å²) in [6.45, 7) is 0.330. The zero-order valence-electron chi connectivity index (χ0n) is 9.16. The maximum atomic E-state index is 11.6. The number of halogens is 1. The van der Waals surface area contributed by atoms with Crippen LogP contribution in [0.15, 0.2) is 22.7 Å². The fraction of sp³-hybridized carbons (Fsp3) is 0.333. The van der Waals surface area contributed by atoms with E-state index in [2.05, 4.69) is 26.6 Å². The fourth-order valence-electron chi connectivity index (χ4n) is 1.40. The minimum atomic E-state index is -0.0673. The van der Waals surface area contributed by atoms with Gasteiger partial charge in [0.2, 0.25) is 5.91 Å². The summed E-state index contributed by atoms with van der Waals surface area (Å²) >= 11 is 3.32. The van der Waals surface area contributed by atoms with Crippen molar-refractivity contribution in [3.05, 3.63) is 28.2 Å². The summed E-state index contributed by atoms with van der Waals surface area (Å²) in [6.07, 6.45) is 2.32. The molecule has 0 atom stereocenters. The van der Waals surface area contributed by atoms with Crippen LogP contribution in [-0.4, -0.2) is 18.5 Å². The third-order valence-corrected chi connectivity index (χ3v) is 3.16. The second-order valence-electron chi connectivity index (χ2n) is 4.01.